The zero-order valence-electron chi connectivity index (χ0n) is 11.8. The predicted octanol–water partition coefficient (Wildman–Crippen LogP) is 1.41. The number of nitrogens with zero attached hydrogens (tertiary/aromatic N) is 1. The fraction of sp³-hybridized carbons (Fsp3) is 0.600. The summed E-state index contributed by atoms with van der Waals surface area (Å²) < 4.78 is 5.64. The van der Waals surface area contributed by atoms with Gasteiger partial charge in [0.15, 0.2) is 0 Å². The Morgan fingerprint density at radius 1 is 1.21 bits per heavy atom. The average molecular weight is 264 g/mol. The lowest BCUT2D eigenvalue weighted by atomic mass is 10.1. The minimum atomic E-state index is 0.0928. The molecule has 1 aliphatic heterocycles. The van der Waals surface area contributed by atoms with Gasteiger partial charge in [0.25, 0.3) is 0 Å². The van der Waals surface area contributed by atoms with Crippen molar-refractivity contribution in [3.8, 4) is 5.75 Å². The summed E-state index contributed by atoms with van der Waals surface area (Å²) in [7, 11) is 0. The first-order chi connectivity index (χ1) is 9.20. The zero-order chi connectivity index (χ0) is 13.7. The molecule has 4 nitrogen and oxygen atoms in total. The molecule has 0 unspecified atom stereocenters. The molecule has 1 aromatic carbocycles. The second-order valence-electron chi connectivity index (χ2n) is 5.22. The van der Waals surface area contributed by atoms with Gasteiger partial charge in [-0.1, -0.05) is 12.1 Å². The number of hydrogen-bond donors (Lipinski definition) is 2. The molecule has 106 valence electrons. The van der Waals surface area contributed by atoms with Crippen molar-refractivity contribution in [2.24, 2.45) is 0 Å². The molecule has 4 heteroatoms. The molecule has 0 spiro atoms. The molecule has 0 radical (unpaired) electrons. The fourth-order valence-electron chi connectivity index (χ4n) is 2.47. The van der Waals surface area contributed by atoms with E-state index in [9.17, 15) is 5.11 Å². The summed E-state index contributed by atoms with van der Waals surface area (Å²) in [6.45, 7) is 8.14. The van der Waals surface area contributed by atoms with Crippen LogP contribution in [0.5, 0.6) is 5.75 Å². The highest BCUT2D eigenvalue weighted by Crippen LogP contribution is 2.23. The van der Waals surface area contributed by atoms with E-state index >= 15 is 0 Å². The van der Waals surface area contributed by atoms with Crippen molar-refractivity contribution in [3.05, 3.63) is 29.8 Å². The number of piperazine rings is 1. The van der Waals surface area contributed by atoms with E-state index in [0.29, 0.717) is 0 Å². The van der Waals surface area contributed by atoms with Crippen molar-refractivity contribution in [2.45, 2.75) is 26.0 Å². The van der Waals surface area contributed by atoms with Crippen LogP contribution in [0, 0.1) is 0 Å². The van der Waals surface area contributed by atoms with Crippen LogP contribution in [0.4, 0.5) is 0 Å². The summed E-state index contributed by atoms with van der Waals surface area (Å²) in [5.74, 6) is 0.885. The SMILES string of the molecule is CC(C)Oc1ccc([C@@H](CO)N2CCNCC2)cc1. The molecule has 0 amide bonds. The number of aliphatic hydroxyl groups is 1. The number of rotatable bonds is 5. The van der Waals surface area contributed by atoms with Gasteiger partial charge in [0, 0.05) is 26.2 Å². The van der Waals surface area contributed by atoms with Gasteiger partial charge < -0.3 is 15.2 Å². The zero-order valence-corrected chi connectivity index (χ0v) is 11.8. The second kappa shape index (κ2) is 6.89. The number of nitrogens with one attached hydrogen (secondary N) is 1. The molecule has 0 saturated carbocycles. The molecular weight excluding hydrogens is 240 g/mol. The Morgan fingerprint density at radius 2 is 1.84 bits per heavy atom. The van der Waals surface area contributed by atoms with Crippen LogP contribution >= 0.6 is 0 Å². The van der Waals surface area contributed by atoms with E-state index in [-0.39, 0.29) is 18.8 Å². The third-order valence-corrected chi connectivity index (χ3v) is 3.40. The summed E-state index contributed by atoms with van der Waals surface area (Å²) in [5, 5.41) is 13.0. The van der Waals surface area contributed by atoms with Crippen molar-refractivity contribution in [2.75, 3.05) is 32.8 Å². The van der Waals surface area contributed by atoms with Gasteiger partial charge in [0.05, 0.1) is 18.8 Å². The largest absolute Gasteiger partial charge is 0.491 e. The molecule has 0 aliphatic carbocycles. The molecular formula is C15H24N2O2. The van der Waals surface area contributed by atoms with Gasteiger partial charge in [-0.15, -0.1) is 0 Å². The van der Waals surface area contributed by atoms with E-state index in [0.717, 1.165) is 37.5 Å². The quantitative estimate of drug-likeness (QED) is 0.844. The monoisotopic (exact) mass is 264 g/mol. The molecule has 1 atom stereocenters. The Hall–Kier alpha value is -1.10. The lowest BCUT2D eigenvalue weighted by Crippen LogP contribution is -2.46. The lowest BCUT2D eigenvalue weighted by molar-refractivity contribution is 0.111. The highest BCUT2D eigenvalue weighted by molar-refractivity contribution is 5.29. The van der Waals surface area contributed by atoms with Crippen LogP contribution in [-0.4, -0.2) is 48.9 Å². The van der Waals surface area contributed by atoms with Crippen LogP contribution in [0.25, 0.3) is 0 Å². The van der Waals surface area contributed by atoms with Crippen molar-refractivity contribution >= 4 is 0 Å². The Kier molecular flexibility index (Phi) is 5.19. The summed E-state index contributed by atoms with van der Waals surface area (Å²) in [4.78, 5) is 2.33. The molecule has 1 saturated heterocycles. The molecule has 0 aromatic heterocycles. The maximum atomic E-state index is 9.65. The van der Waals surface area contributed by atoms with E-state index in [1.165, 1.54) is 0 Å². The number of hydrogen-bond acceptors (Lipinski definition) is 4. The lowest BCUT2D eigenvalue weighted by Gasteiger charge is -2.34. The van der Waals surface area contributed by atoms with E-state index in [1.807, 2.05) is 26.0 Å². The second-order valence-corrected chi connectivity index (χ2v) is 5.22. The first kappa shape index (κ1) is 14.3. The Labute approximate surface area is 115 Å². The Morgan fingerprint density at radius 3 is 2.37 bits per heavy atom. The van der Waals surface area contributed by atoms with E-state index in [2.05, 4.69) is 22.3 Å². The Balaban J connectivity index is 2.05. The molecule has 19 heavy (non-hydrogen) atoms. The van der Waals surface area contributed by atoms with Crippen LogP contribution in [0.3, 0.4) is 0 Å². The molecule has 0 bridgehead atoms. The average Bonchev–Trinajstić information content (AvgIpc) is 2.42. The smallest absolute Gasteiger partial charge is 0.119 e. The molecule has 1 heterocycles. The molecule has 1 fully saturated rings. The molecule has 2 N–H and O–H groups in total. The van der Waals surface area contributed by atoms with Crippen LogP contribution in [-0.2, 0) is 0 Å². The highest BCUT2D eigenvalue weighted by atomic mass is 16.5. The van der Waals surface area contributed by atoms with Crippen molar-refractivity contribution in [3.63, 3.8) is 0 Å². The summed E-state index contributed by atoms with van der Waals surface area (Å²) in [5.41, 5.74) is 1.15. The van der Waals surface area contributed by atoms with Gasteiger partial charge >= 0.3 is 0 Å². The first-order valence-corrected chi connectivity index (χ1v) is 7.03. The summed E-state index contributed by atoms with van der Waals surface area (Å²) in [6.07, 6.45) is 0.188. The minimum Gasteiger partial charge on any atom is -0.491 e. The number of aliphatic hydroxyl groups excluding tert-OH is 1. The standard InChI is InChI=1S/C15H24N2O2/c1-12(2)19-14-5-3-13(4-6-14)15(11-18)17-9-7-16-8-10-17/h3-6,12,15-16,18H,7-11H2,1-2H3/t15-/m1/s1. The highest BCUT2D eigenvalue weighted by Gasteiger charge is 2.21. The fourth-order valence-corrected chi connectivity index (χ4v) is 2.47. The predicted molar refractivity (Wildman–Crippen MR) is 76.5 cm³/mol. The first-order valence-electron chi connectivity index (χ1n) is 7.03. The van der Waals surface area contributed by atoms with Gasteiger partial charge in [-0.3, -0.25) is 4.90 Å². The molecule has 1 aromatic rings. The van der Waals surface area contributed by atoms with Crippen LogP contribution < -0.4 is 10.1 Å². The van der Waals surface area contributed by atoms with Crippen LogP contribution in [0.15, 0.2) is 24.3 Å². The van der Waals surface area contributed by atoms with Gasteiger partial charge in [-0.25, -0.2) is 0 Å². The van der Waals surface area contributed by atoms with Crippen molar-refractivity contribution in [1.82, 2.24) is 10.2 Å². The third-order valence-electron chi connectivity index (χ3n) is 3.40. The molecule has 2 rings (SSSR count). The van der Waals surface area contributed by atoms with Crippen LogP contribution in [0.2, 0.25) is 0 Å². The summed E-state index contributed by atoms with van der Waals surface area (Å²) in [6, 6.07) is 8.18. The third kappa shape index (κ3) is 3.93. The maximum Gasteiger partial charge on any atom is 0.119 e. The van der Waals surface area contributed by atoms with Crippen molar-refractivity contribution < 1.29 is 9.84 Å². The summed E-state index contributed by atoms with van der Waals surface area (Å²) >= 11 is 0. The van der Waals surface area contributed by atoms with Crippen LogP contribution in [0.1, 0.15) is 25.5 Å². The maximum absolute atomic E-state index is 9.65. The van der Waals surface area contributed by atoms with Gasteiger partial charge in [-0.05, 0) is 31.5 Å². The number of ether oxygens (including phenoxy) is 1. The van der Waals surface area contributed by atoms with E-state index in [4.69, 9.17) is 4.74 Å². The number of benzene rings is 1. The van der Waals surface area contributed by atoms with Gasteiger partial charge in [0.1, 0.15) is 5.75 Å². The van der Waals surface area contributed by atoms with Gasteiger partial charge in [-0.2, -0.15) is 0 Å². The van der Waals surface area contributed by atoms with Crippen molar-refractivity contribution in [1.29, 1.82) is 0 Å². The minimum absolute atomic E-state index is 0.0928. The van der Waals surface area contributed by atoms with Gasteiger partial charge in [0.2, 0.25) is 0 Å². The Bertz CT molecular complexity index is 372. The normalized spacial score (nSPS) is 18.5. The molecule has 1 aliphatic rings. The van der Waals surface area contributed by atoms with E-state index < -0.39 is 0 Å². The topological polar surface area (TPSA) is 44.7 Å². The van der Waals surface area contributed by atoms with E-state index in [1.54, 1.807) is 0 Å².